The summed E-state index contributed by atoms with van der Waals surface area (Å²) in [6.07, 6.45) is 4.79. The Bertz CT molecular complexity index is 516. The minimum absolute atomic E-state index is 0.1000. The fraction of sp³-hybridized carbons (Fsp3) is 0.588. The van der Waals surface area contributed by atoms with Gasteiger partial charge in [-0.25, -0.2) is 4.79 Å². The molecule has 0 aromatic heterocycles. The number of benzene rings is 1. The third-order valence-corrected chi connectivity index (χ3v) is 6.10. The van der Waals surface area contributed by atoms with Gasteiger partial charge in [-0.2, -0.15) is 0 Å². The number of carbonyl (C=O) groups is 1. The van der Waals surface area contributed by atoms with Gasteiger partial charge < -0.3 is 9.64 Å². The summed E-state index contributed by atoms with van der Waals surface area (Å²) in [5, 5.41) is 0. The fourth-order valence-electron chi connectivity index (χ4n) is 4.18. The highest BCUT2D eigenvalue weighted by molar-refractivity contribution is 14.1. The molecule has 2 aliphatic rings. The minimum Gasteiger partial charge on any atom is -0.458 e. The van der Waals surface area contributed by atoms with Crippen LogP contribution in [0.2, 0.25) is 0 Å². The van der Waals surface area contributed by atoms with Crippen LogP contribution >= 0.6 is 22.6 Å². The molecule has 5 atom stereocenters. The number of carbonyl (C=O) groups excluding carboxylic acids is 1. The van der Waals surface area contributed by atoms with Gasteiger partial charge in [0.2, 0.25) is 0 Å². The highest BCUT2D eigenvalue weighted by Crippen LogP contribution is 2.32. The van der Waals surface area contributed by atoms with Gasteiger partial charge in [-0.05, 0) is 53.3 Å². The van der Waals surface area contributed by atoms with Gasteiger partial charge in [-0.1, -0.05) is 6.92 Å². The second-order valence-corrected chi connectivity index (χ2v) is 7.63. The van der Waals surface area contributed by atoms with Gasteiger partial charge in [-0.15, -0.1) is 0 Å². The van der Waals surface area contributed by atoms with Crippen molar-refractivity contribution in [3.8, 4) is 0 Å². The maximum atomic E-state index is 12.4. The van der Waals surface area contributed by atoms with Crippen molar-refractivity contribution in [3.05, 3.63) is 33.4 Å². The number of nitrogens with one attached hydrogen (secondary N) is 1. The van der Waals surface area contributed by atoms with Crippen LogP contribution < -0.4 is 4.90 Å². The van der Waals surface area contributed by atoms with Gasteiger partial charge in [0.1, 0.15) is 6.10 Å². The molecule has 21 heavy (non-hydrogen) atoms. The lowest BCUT2D eigenvalue weighted by molar-refractivity contribution is -0.927. The van der Waals surface area contributed by atoms with Crippen molar-refractivity contribution in [2.45, 2.75) is 50.8 Å². The van der Waals surface area contributed by atoms with Crippen molar-refractivity contribution in [3.63, 3.8) is 0 Å². The SMILES string of the molecule is CC[C@H]1[C@@H](OC(=O)c2ccc(I)cc2)C[C@@H]2CC[C@H]1[NH+]2C. The Morgan fingerprint density at radius 1 is 1.33 bits per heavy atom. The van der Waals surface area contributed by atoms with Crippen LogP contribution in [-0.2, 0) is 4.74 Å². The van der Waals surface area contributed by atoms with Gasteiger partial charge >= 0.3 is 5.97 Å². The smallest absolute Gasteiger partial charge is 0.338 e. The monoisotopic (exact) mass is 400 g/mol. The van der Waals surface area contributed by atoms with Gasteiger partial charge in [0.25, 0.3) is 0 Å². The Labute approximate surface area is 140 Å². The first-order valence-electron chi connectivity index (χ1n) is 7.90. The van der Waals surface area contributed by atoms with Crippen molar-refractivity contribution >= 4 is 28.6 Å². The highest BCUT2D eigenvalue weighted by atomic mass is 127. The van der Waals surface area contributed by atoms with E-state index in [0.29, 0.717) is 23.6 Å². The highest BCUT2D eigenvalue weighted by Gasteiger charge is 2.49. The maximum Gasteiger partial charge on any atom is 0.338 e. The van der Waals surface area contributed by atoms with E-state index in [2.05, 4.69) is 36.6 Å². The lowest BCUT2D eigenvalue weighted by Gasteiger charge is -2.39. The van der Waals surface area contributed by atoms with E-state index in [1.165, 1.54) is 12.8 Å². The van der Waals surface area contributed by atoms with Crippen LogP contribution in [0.1, 0.15) is 43.0 Å². The summed E-state index contributed by atoms with van der Waals surface area (Å²) in [5.74, 6) is 0.352. The summed E-state index contributed by atoms with van der Waals surface area (Å²) in [6.45, 7) is 2.22. The first kappa shape index (κ1) is 15.3. The van der Waals surface area contributed by atoms with Crippen LogP contribution in [0, 0.1) is 9.49 Å². The summed E-state index contributed by atoms with van der Waals surface area (Å²) in [6, 6.07) is 8.98. The Balaban J connectivity index is 1.72. The number of fused-ring (bicyclic) bond motifs is 2. The van der Waals surface area contributed by atoms with Gasteiger partial charge in [-0.3, -0.25) is 0 Å². The molecule has 1 N–H and O–H groups in total. The summed E-state index contributed by atoms with van der Waals surface area (Å²) in [4.78, 5) is 14.0. The zero-order chi connectivity index (χ0) is 15.0. The molecule has 2 fully saturated rings. The fourth-order valence-corrected chi connectivity index (χ4v) is 4.54. The molecule has 0 spiro atoms. The molecule has 2 aliphatic heterocycles. The minimum atomic E-state index is -0.159. The molecule has 0 aliphatic carbocycles. The summed E-state index contributed by atoms with van der Waals surface area (Å²) in [7, 11) is 2.31. The lowest BCUT2D eigenvalue weighted by Crippen LogP contribution is -3.16. The van der Waals surface area contributed by atoms with E-state index in [9.17, 15) is 4.79 Å². The Kier molecular flexibility index (Phi) is 4.54. The Hall–Kier alpha value is -0.620. The molecule has 3 rings (SSSR count). The van der Waals surface area contributed by atoms with Crippen LogP contribution in [0.25, 0.3) is 0 Å². The third kappa shape index (κ3) is 2.97. The number of hydrogen-bond acceptors (Lipinski definition) is 2. The number of rotatable bonds is 3. The lowest BCUT2D eigenvalue weighted by atomic mass is 9.85. The summed E-state index contributed by atoms with van der Waals surface area (Å²) >= 11 is 2.25. The van der Waals surface area contributed by atoms with Crippen LogP contribution in [0.4, 0.5) is 0 Å². The van der Waals surface area contributed by atoms with Crippen molar-refractivity contribution in [2.75, 3.05) is 7.05 Å². The molecule has 0 radical (unpaired) electrons. The van der Waals surface area contributed by atoms with E-state index in [0.717, 1.165) is 16.4 Å². The number of esters is 1. The number of quaternary nitrogens is 1. The van der Waals surface area contributed by atoms with Gasteiger partial charge in [0.15, 0.2) is 0 Å². The van der Waals surface area contributed by atoms with Crippen molar-refractivity contribution < 1.29 is 14.4 Å². The first-order chi connectivity index (χ1) is 10.1. The number of ether oxygens (including phenoxy) is 1. The quantitative estimate of drug-likeness (QED) is 0.624. The zero-order valence-corrected chi connectivity index (χ0v) is 14.8. The summed E-state index contributed by atoms with van der Waals surface area (Å²) in [5.41, 5.74) is 0.670. The van der Waals surface area contributed by atoms with Crippen molar-refractivity contribution in [1.29, 1.82) is 0 Å². The Morgan fingerprint density at radius 2 is 2.05 bits per heavy atom. The topological polar surface area (TPSA) is 30.7 Å². The molecule has 2 saturated heterocycles. The van der Waals surface area contributed by atoms with Crippen LogP contribution in [0.5, 0.6) is 0 Å². The molecular formula is C17H23INO2+. The molecule has 2 heterocycles. The average molecular weight is 400 g/mol. The normalized spacial score (nSPS) is 34.7. The second-order valence-electron chi connectivity index (χ2n) is 6.38. The van der Waals surface area contributed by atoms with Gasteiger partial charge in [0.05, 0.1) is 24.7 Å². The molecule has 1 aromatic carbocycles. The predicted molar refractivity (Wildman–Crippen MR) is 90.5 cm³/mol. The average Bonchev–Trinajstić information content (AvgIpc) is 2.72. The largest absolute Gasteiger partial charge is 0.458 e. The molecule has 114 valence electrons. The van der Waals surface area contributed by atoms with E-state index < -0.39 is 0 Å². The number of halogens is 1. The standard InChI is InChI=1S/C17H22INO2/c1-3-14-15-9-8-13(19(15)2)10-16(14)21-17(20)11-4-6-12(18)7-5-11/h4-7,13-16H,3,8-10H2,1-2H3/p+1/t13-,14+,15+,16-/m0/s1. The number of hydrogen-bond donors (Lipinski definition) is 1. The molecule has 3 nitrogen and oxygen atoms in total. The molecule has 4 heteroatoms. The maximum absolute atomic E-state index is 12.4. The van der Waals surface area contributed by atoms with E-state index in [4.69, 9.17) is 4.74 Å². The van der Waals surface area contributed by atoms with E-state index in [1.807, 2.05) is 24.3 Å². The molecule has 0 amide bonds. The third-order valence-electron chi connectivity index (χ3n) is 5.38. The predicted octanol–water partition coefficient (Wildman–Crippen LogP) is 2.29. The second kappa shape index (κ2) is 6.24. The first-order valence-corrected chi connectivity index (χ1v) is 8.98. The molecular weight excluding hydrogens is 377 g/mol. The van der Waals surface area contributed by atoms with E-state index >= 15 is 0 Å². The van der Waals surface area contributed by atoms with E-state index in [1.54, 1.807) is 4.90 Å². The van der Waals surface area contributed by atoms with Gasteiger partial charge in [0, 0.05) is 28.8 Å². The molecule has 2 bridgehead atoms. The molecule has 1 aromatic rings. The van der Waals surface area contributed by atoms with E-state index in [-0.39, 0.29) is 12.1 Å². The Morgan fingerprint density at radius 3 is 2.71 bits per heavy atom. The zero-order valence-electron chi connectivity index (χ0n) is 12.6. The molecule has 0 saturated carbocycles. The van der Waals surface area contributed by atoms with Crippen LogP contribution in [-0.4, -0.2) is 31.2 Å². The van der Waals surface area contributed by atoms with Crippen molar-refractivity contribution in [1.82, 2.24) is 0 Å². The van der Waals surface area contributed by atoms with Crippen LogP contribution in [0.15, 0.2) is 24.3 Å². The summed E-state index contributed by atoms with van der Waals surface area (Å²) < 4.78 is 7.03. The van der Waals surface area contributed by atoms with Crippen molar-refractivity contribution in [2.24, 2.45) is 5.92 Å². The number of piperidine rings is 1. The molecule has 1 unspecified atom stereocenters. The van der Waals surface area contributed by atoms with Crippen LogP contribution in [0.3, 0.4) is 0 Å².